The first kappa shape index (κ1) is 12.4. The molecule has 0 radical (unpaired) electrons. The quantitative estimate of drug-likeness (QED) is 0.611. The minimum atomic E-state index is -0.390. The molecule has 0 spiro atoms. The standard InChI is InChI=1S/C11H16N2O3/c1-8(12)3-4-9-5-6-10(16-2)7-11(9)13(14)15/h5-8H,3-4,12H2,1-2H3/t8-/m0/s1. The van der Waals surface area contributed by atoms with Gasteiger partial charge in [0.2, 0.25) is 0 Å². The Balaban J connectivity index is 2.94. The molecule has 0 aliphatic rings. The van der Waals surface area contributed by atoms with Crippen molar-refractivity contribution in [2.75, 3.05) is 7.11 Å². The summed E-state index contributed by atoms with van der Waals surface area (Å²) in [4.78, 5) is 10.5. The first-order valence-corrected chi connectivity index (χ1v) is 5.11. The third-order valence-electron chi connectivity index (χ3n) is 2.36. The molecule has 5 nitrogen and oxygen atoms in total. The fourth-order valence-corrected chi connectivity index (χ4v) is 1.44. The zero-order chi connectivity index (χ0) is 12.1. The van der Waals surface area contributed by atoms with Gasteiger partial charge in [-0.1, -0.05) is 0 Å². The predicted molar refractivity (Wildman–Crippen MR) is 61.6 cm³/mol. The number of hydrogen-bond acceptors (Lipinski definition) is 4. The van der Waals surface area contributed by atoms with E-state index in [1.54, 1.807) is 12.1 Å². The number of aryl methyl sites for hydroxylation is 1. The Labute approximate surface area is 94.4 Å². The molecular weight excluding hydrogens is 208 g/mol. The number of nitrogens with two attached hydrogens (primary N) is 1. The van der Waals surface area contributed by atoms with Crippen LogP contribution in [0.15, 0.2) is 18.2 Å². The number of methoxy groups -OCH3 is 1. The maximum Gasteiger partial charge on any atom is 0.276 e. The summed E-state index contributed by atoms with van der Waals surface area (Å²) in [6.45, 7) is 1.88. The first-order chi connectivity index (χ1) is 7.54. The van der Waals surface area contributed by atoms with Crippen molar-refractivity contribution < 1.29 is 9.66 Å². The highest BCUT2D eigenvalue weighted by Gasteiger charge is 2.14. The van der Waals surface area contributed by atoms with Crippen molar-refractivity contribution in [2.45, 2.75) is 25.8 Å². The molecule has 5 heteroatoms. The molecule has 0 saturated carbocycles. The molecule has 1 atom stereocenters. The van der Waals surface area contributed by atoms with E-state index < -0.39 is 0 Å². The van der Waals surface area contributed by atoms with Gasteiger partial charge in [-0.15, -0.1) is 0 Å². The molecule has 0 aromatic heterocycles. The van der Waals surface area contributed by atoms with Crippen LogP contribution in [0.3, 0.4) is 0 Å². The largest absolute Gasteiger partial charge is 0.497 e. The number of benzene rings is 1. The smallest absolute Gasteiger partial charge is 0.276 e. The lowest BCUT2D eigenvalue weighted by atomic mass is 10.0. The van der Waals surface area contributed by atoms with Crippen LogP contribution >= 0.6 is 0 Å². The molecule has 1 aromatic carbocycles. The van der Waals surface area contributed by atoms with Crippen LogP contribution in [0.5, 0.6) is 5.75 Å². The molecule has 0 fully saturated rings. The molecule has 1 aromatic rings. The third-order valence-corrected chi connectivity index (χ3v) is 2.36. The van der Waals surface area contributed by atoms with Crippen LogP contribution in [0, 0.1) is 10.1 Å². The van der Waals surface area contributed by atoms with Crippen LogP contribution in [0.2, 0.25) is 0 Å². The lowest BCUT2D eigenvalue weighted by Gasteiger charge is -2.07. The van der Waals surface area contributed by atoms with E-state index in [1.807, 2.05) is 6.92 Å². The van der Waals surface area contributed by atoms with Crippen LogP contribution < -0.4 is 10.5 Å². The zero-order valence-electron chi connectivity index (χ0n) is 9.47. The van der Waals surface area contributed by atoms with Gasteiger partial charge in [-0.05, 0) is 31.9 Å². The Bertz CT molecular complexity index is 377. The normalized spacial score (nSPS) is 12.2. The molecule has 0 unspecified atom stereocenters. The van der Waals surface area contributed by atoms with Gasteiger partial charge in [0.05, 0.1) is 18.1 Å². The van der Waals surface area contributed by atoms with Gasteiger partial charge in [-0.2, -0.15) is 0 Å². The Hall–Kier alpha value is -1.62. The molecule has 2 N–H and O–H groups in total. The van der Waals surface area contributed by atoms with E-state index in [1.165, 1.54) is 13.2 Å². The van der Waals surface area contributed by atoms with E-state index in [0.717, 1.165) is 6.42 Å². The number of hydrogen-bond donors (Lipinski definition) is 1. The summed E-state index contributed by atoms with van der Waals surface area (Å²) in [5.41, 5.74) is 6.42. The van der Waals surface area contributed by atoms with E-state index in [2.05, 4.69) is 0 Å². The maximum absolute atomic E-state index is 10.9. The number of nitro groups is 1. The Morgan fingerprint density at radius 3 is 2.75 bits per heavy atom. The molecule has 0 heterocycles. The van der Waals surface area contributed by atoms with Gasteiger partial charge in [0, 0.05) is 11.6 Å². The summed E-state index contributed by atoms with van der Waals surface area (Å²) < 4.78 is 4.96. The highest BCUT2D eigenvalue weighted by Crippen LogP contribution is 2.25. The monoisotopic (exact) mass is 224 g/mol. The fourth-order valence-electron chi connectivity index (χ4n) is 1.44. The Morgan fingerprint density at radius 2 is 2.25 bits per heavy atom. The van der Waals surface area contributed by atoms with Gasteiger partial charge in [-0.3, -0.25) is 10.1 Å². The van der Waals surface area contributed by atoms with Crippen molar-refractivity contribution in [1.82, 2.24) is 0 Å². The lowest BCUT2D eigenvalue weighted by molar-refractivity contribution is -0.385. The molecule has 0 bridgehead atoms. The van der Waals surface area contributed by atoms with E-state index >= 15 is 0 Å². The summed E-state index contributed by atoms with van der Waals surface area (Å²) in [6.07, 6.45) is 1.34. The predicted octanol–water partition coefficient (Wildman–Crippen LogP) is 1.88. The number of ether oxygens (including phenoxy) is 1. The van der Waals surface area contributed by atoms with Gasteiger partial charge in [-0.25, -0.2) is 0 Å². The summed E-state index contributed by atoms with van der Waals surface area (Å²) in [5, 5.41) is 10.9. The third kappa shape index (κ3) is 3.20. The second-order valence-electron chi connectivity index (χ2n) is 3.77. The van der Waals surface area contributed by atoms with E-state index in [0.29, 0.717) is 17.7 Å². The summed E-state index contributed by atoms with van der Waals surface area (Å²) in [7, 11) is 1.49. The van der Waals surface area contributed by atoms with E-state index in [4.69, 9.17) is 10.5 Å². The van der Waals surface area contributed by atoms with Gasteiger partial charge < -0.3 is 10.5 Å². The van der Waals surface area contributed by atoms with E-state index in [9.17, 15) is 10.1 Å². The second-order valence-corrected chi connectivity index (χ2v) is 3.77. The van der Waals surface area contributed by atoms with Gasteiger partial charge >= 0.3 is 0 Å². The van der Waals surface area contributed by atoms with Crippen LogP contribution in [0.1, 0.15) is 18.9 Å². The average Bonchev–Trinajstić information content (AvgIpc) is 2.25. The van der Waals surface area contributed by atoms with Crippen LogP contribution in [-0.2, 0) is 6.42 Å². The van der Waals surface area contributed by atoms with Crippen LogP contribution in [-0.4, -0.2) is 18.1 Å². The van der Waals surface area contributed by atoms with Crippen molar-refractivity contribution in [3.63, 3.8) is 0 Å². The van der Waals surface area contributed by atoms with Gasteiger partial charge in [0.25, 0.3) is 5.69 Å². The minimum Gasteiger partial charge on any atom is -0.497 e. The molecular formula is C11H16N2O3. The van der Waals surface area contributed by atoms with Crippen LogP contribution in [0.4, 0.5) is 5.69 Å². The topological polar surface area (TPSA) is 78.4 Å². The van der Waals surface area contributed by atoms with Crippen molar-refractivity contribution in [3.05, 3.63) is 33.9 Å². The summed E-state index contributed by atoms with van der Waals surface area (Å²) >= 11 is 0. The average molecular weight is 224 g/mol. The minimum absolute atomic E-state index is 0.0432. The van der Waals surface area contributed by atoms with Crippen LogP contribution in [0.25, 0.3) is 0 Å². The van der Waals surface area contributed by atoms with Crippen molar-refractivity contribution >= 4 is 5.69 Å². The zero-order valence-corrected chi connectivity index (χ0v) is 9.47. The van der Waals surface area contributed by atoms with Crippen molar-refractivity contribution in [1.29, 1.82) is 0 Å². The second kappa shape index (κ2) is 5.46. The molecule has 0 amide bonds. The molecule has 16 heavy (non-hydrogen) atoms. The molecule has 0 aliphatic heterocycles. The number of nitrogens with zero attached hydrogens (tertiary/aromatic N) is 1. The highest BCUT2D eigenvalue weighted by molar-refractivity contribution is 5.46. The molecule has 0 saturated heterocycles. The molecule has 88 valence electrons. The van der Waals surface area contributed by atoms with Crippen molar-refractivity contribution in [2.24, 2.45) is 5.73 Å². The SMILES string of the molecule is COc1ccc(CC[C@H](C)N)c([N+](=O)[O-])c1. The molecule has 1 rings (SSSR count). The fraction of sp³-hybridized carbons (Fsp3) is 0.455. The lowest BCUT2D eigenvalue weighted by Crippen LogP contribution is -2.15. The maximum atomic E-state index is 10.9. The molecule has 0 aliphatic carbocycles. The highest BCUT2D eigenvalue weighted by atomic mass is 16.6. The first-order valence-electron chi connectivity index (χ1n) is 5.11. The number of nitro benzene ring substituents is 1. The number of rotatable bonds is 5. The van der Waals surface area contributed by atoms with E-state index in [-0.39, 0.29) is 16.7 Å². The van der Waals surface area contributed by atoms with Crippen molar-refractivity contribution in [3.8, 4) is 5.75 Å². The van der Waals surface area contributed by atoms with Gasteiger partial charge in [0.1, 0.15) is 5.75 Å². The Morgan fingerprint density at radius 1 is 1.56 bits per heavy atom. The summed E-state index contributed by atoms with van der Waals surface area (Å²) in [5.74, 6) is 0.497. The summed E-state index contributed by atoms with van der Waals surface area (Å²) in [6, 6.07) is 4.93. The Kier molecular flexibility index (Phi) is 4.25. The van der Waals surface area contributed by atoms with Gasteiger partial charge in [0.15, 0.2) is 0 Å².